The molecule has 0 saturated heterocycles. The third-order valence-electron chi connectivity index (χ3n) is 6.39. The number of carbonyl (C=O) groups is 1. The number of hydrogen-bond acceptors (Lipinski definition) is 6. The minimum Gasteiger partial charge on any atom is -0.493 e. The van der Waals surface area contributed by atoms with Gasteiger partial charge in [-0.05, 0) is 48.0 Å². The van der Waals surface area contributed by atoms with Gasteiger partial charge in [0.2, 0.25) is 5.91 Å². The number of primary amides is 1. The number of aromatic nitrogens is 2. The summed E-state index contributed by atoms with van der Waals surface area (Å²) >= 11 is 0. The number of fused-ring (bicyclic) bond motifs is 1. The summed E-state index contributed by atoms with van der Waals surface area (Å²) in [6.45, 7) is 7.52. The molecule has 4 rings (SSSR count). The van der Waals surface area contributed by atoms with Crippen LogP contribution in [-0.2, 0) is 11.2 Å². The first-order valence-electron chi connectivity index (χ1n) is 12.3. The molecule has 0 aliphatic carbocycles. The molecule has 2 N–H and O–H groups in total. The van der Waals surface area contributed by atoms with E-state index >= 15 is 0 Å². The molecular weight excluding hydrogens is 471 g/mol. The molecule has 0 saturated carbocycles. The van der Waals surface area contributed by atoms with Gasteiger partial charge in [0.25, 0.3) is 0 Å². The van der Waals surface area contributed by atoms with E-state index in [9.17, 15) is 9.18 Å². The van der Waals surface area contributed by atoms with E-state index < -0.39 is 5.91 Å². The van der Waals surface area contributed by atoms with Crippen LogP contribution < -0.4 is 15.2 Å². The van der Waals surface area contributed by atoms with E-state index in [0.29, 0.717) is 29.2 Å². The fraction of sp³-hybridized carbons (Fsp3) is 0.276. The van der Waals surface area contributed by atoms with Crippen molar-refractivity contribution in [3.05, 3.63) is 72.3 Å². The van der Waals surface area contributed by atoms with Crippen LogP contribution in [0.1, 0.15) is 19.4 Å². The highest BCUT2D eigenvalue weighted by Crippen LogP contribution is 2.36. The first-order chi connectivity index (χ1) is 17.9. The number of rotatable bonds is 11. The summed E-state index contributed by atoms with van der Waals surface area (Å²) in [4.78, 5) is 22.8. The summed E-state index contributed by atoms with van der Waals surface area (Å²) in [6, 6.07) is 15.7. The molecule has 0 spiro atoms. The van der Waals surface area contributed by atoms with Gasteiger partial charge in [-0.15, -0.1) is 0 Å². The number of benzene rings is 3. The summed E-state index contributed by atoms with van der Waals surface area (Å²) in [5.41, 5.74) is 9.81. The first kappa shape index (κ1) is 26.0. The third kappa shape index (κ3) is 6.03. The van der Waals surface area contributed by atoms with Crippen LogP contribution in [0.2, 0.25) is 0 Å². The van der Waals surface area contributed by atoms with E-state index in [4.69, 9.17) is 15.2 Å². The SMILES string of the molecule is CCN(CC)CCOc1cc2c(-c3ccc(-c4cc(F)ccc4CC(N)=O)cc3)ncnc2cc1OC. The Morgan fingerprint density at radius 2 is 1.70 bits per heavy atom. The van der Waals surface area contributed by atoms with Crippen molar-refractivity contribution in [3.8, 4) is 33.9 Å². The van der Waals surface area contributed by atoms with E-state index in [1.54, 1.807) is 13.2 Å². The topological polar surface area (TPSA) is 90.6 Å². The van der Waals surface area contributed by atoms with E-state index in [-0.39, 0.29) is 12.2 Å². The maximum Gasteiger partial charge on any atom is 0.221 e. The van der Waals surface area contributed by atoms with Crippen LogP contribution >= 0.6 is 0 Å². The van der Waals surface area contributed by atoms with Crippen molar-refractivity contribution in [2.45, 2.75) is 20.3 Å². The van der Waals surface area contributed by atoms with Gasteiger partial charge in [0.15, 0.2) is 11.5 Å². The van der Waals surface area contributed by atoms with Crippen molar-refractivity contribution < 1.29 is 18.7 Å². The number of nitrogens with zero attached hydrogens (tertiary/aromatic N) is 3. The molecule has 7 nitrogen and oxygen atoms in total. The van der Waals surface area contributed by atoms with E-state index in [1.807, 2.05) is 36.4 Å². The van der Waals surface area contributed by atoms with Crippen molar-refractivity contribution in [1.29, 1.82) is 0 Å². The van der Waals surface area contributed by atoms with Gasteiger partial charge in [0.1, 0.15) is 18.8 Å². The minimum atomic E-state index is -0.470. The molecule has 4 aromatic rings. The number of methoxy groups -OCH3 is 1. The molecule has 1 aromatic heterocycles. The molecule has 1 amide bonds. The number of likely N-dealkylation sites (N-methyl/N-ethyl adjacent to an activating group) is 1. The van der Waals surface area contributed by atoms with E-state index in [0.717, 1.165) is 47.4 Å². The second-order valence-electron chi connectivity index (χ2n) is 8.64. The Morgan fingerprint density at radius 3 is 2.38 bits per heavy atom. The molecular formula is C29H31FN4O3. The summed E-state index contributed by atoms with van der Waals surface area (Å²) in [5.74, 6) is 0.393. The lowest BCUT2D eigenvalue weighted by atomic mass is 9.95. The smallest absolute Gasteiger partial charge is 0.221 e. The van der Waals surface area contributed by atoms with Crippen molar-refractivity contribution >= 4 is 16.8 Å². The summed E-state index contributed by atoms with van der Waals surface area (Å²) in [5, 5.41) is 0.828. The molecule has 3 aromatic carbocycles. The average molecular weight is 503 g/mol. The zero-order valence-electron chi connectivity index (χ0n) is 21.3. The highest BCUT2D eigenvalue weighted by molar-refractivity contribution is 5.94. The number of ether oxygens (including phenoxy) is 2. The second kappa shape index (κ2) is 11.8. The fourth-order valence-corrected chi connectivity index (χ4v) is 4.36. The lowest BCUT2D eigenvalue weighted by Gasteiger charge is -2.19. The van der Waals surface area contributed by atoms with Gasteiger partial charge in [0, 0.05) is 23.6 Å². The van der Waals surface area contributed by atoms with Gasteiger partial charge in [-0.3, -0.25) is 4.79 Å². The molecule has 0 fully saturated rings. The highest BCUT2D eigenvalue weighted by Gasteiger charge is 2.15. The predicted octanol–water partition coefficient (Wildman–Crippen LogP) is 4.86. The Morgan fingerprint density at radius 1 is 0.973 bits per heavy atom. The minimum absolute atomic E-state index is 0.0345. The molecule has 0 bridgehead atoms. The first-order valence-corrected chi connectivity index (χ1v) is 12.3. The van der Waals surface area contributed by atoms with Gasteiger partial charge >= 0.3 is 0 Å². The zero-order valence-corrected chi connectivity index (χ0v) is 21.3. The third-order valence-corrected chi connectivity index (χ3v) is 6.39. The number of hydrogen-bond donors (Lipinski definition) is 1. The Bertz CT molecular complexity index is 1390. The fourth-order valence-electron chi connectivity index (χ4n) is 4.36. The van der Waals surface area contributed by atoms with Gasteiger partial charge < -0.3 is 20.1 Å². The molecule has 192 valence electrons. The van der Waals surface area contributed by atoms with Crippen molar-refractivity contribution in [2.24, 2.45) is 5.73 Å². The van der Waals surface area contributed by atoms with Crippen molar-refractivity contribution in [2.75, 3.05) is 33.4 Å². The number of amides is 1. The zero-order chi connectivity index (χ0) is 26.4. The van der Waals surface area contributed by atoms with Crippen molar-refractivity contribution in [1.82, 2.24) is 14.9 Å². The van der Waals surface area contributed by atoms with Gasteiger partial charge in [-0.2, -0.15) is 0 Å². The molecule has 0 unspecified atom stereocenters. The van der Waals surface area contributed by atoms with Crippen LogP contribution in [0.15, 0.2) is 60.9 Å². The van der Waals surface area contributed by atoms with Gasteiger partial charge in [-0.1, -0.05) is 44.2 Å². The molecule has 1 heterocycles. The van der Waals surface area contributed by atoms with E-state index in [1.165, 1.54) is 18.5 Å². The second-order valence-corrected chi connectivity index (χ2v) is 8.64. The van der Waals surface area contributed by atoms with Gasteiger partial charge in [-0.25, -0.2) is 14.4 Å². The number of halogens is 1. The summed E-state index contributed by atoms with van der Waals surface area (Å²) in [6.07, 6.45) is 1.55. The summed E-state index contributed by atoms with van der Waals surface area (Å²) < 4.78 is 25.7. The van der Waals surface area contributed by atoms with Crippen LogP contribution in [0.4, 0.5) is 4.39 Å². The Hall–Kier alpha value is -4.04. The predicted molar refractivity (Wildman–Crippen MR) is 143 cm³/mol. The normalized spacial score (nSPS) is 11.2. The van der Waals surface area contributed by atoms with Crippen LogP contribution in [0.3, 0.4) is 0 Å². The lowest BCUT2D eigenvalue weighted by molar-refractivity contribution is -0.117. The highest BCUT2D eigenvalue weighted by atomic mass is 19.1. The maximum atomic E-state index is 14.0. The molecule has 0 radical (unpaired) electrons. The number of nitrogens with two attached hydrogens (primary N) is 1. The van der Waals surface area contributed by atoms with Crippen LogP contribution in [0.5, 0.6) is 11.5 Å². The largest absolute Gasteiger partial charge is 0.493 e. The maximum absolute atomic E-state index is 14.0. The number of carbonyl (C=O) groups excluding carboxylic acids is 1. The van der Waals surface area contributed by atoms with Gasteiger partial charge in [0.05, 0.1) is 24.7 Å². The Kier molecular flexibility index (Phi) is 8.30. The van der Waals surface area contributed by atoms with Crippen molar-refractivity contribution in [3.63, 3.8) is 0 Å². The lowest BCUT2D eigenvalue weighted by Crippen LogP contribution is -2.27. The average Bonchev–Trinajstić information content (AvgIpc) is 2.91. The van der Waals surface area contributed by atoms with Crippen LogP contribution in [0, 0.1) is 5.82 Å². The molecule has 0 aliphatic heterocycles. The monoisotopic (exact) mass is 502 g/mol. The van der Waals surface area contributed by atoms with E-state index in [2.05, 4.69) is 28.7 Å². The summed E-state index contributed by atoms with van der Waals surface area (Å²) in [7, 11) is 1.61. The quantitative estimate of drug-likeness (QED) is 0.315. The molecule has 0 atom stereocenters. The van der Waals surface area contributed by atoms with Crippen LogP contribution in [0.25, 0.3) is 33.3 Å². The Labute approximate surface area is 216 Å². The Balaban J connectivity index is 1.68. The standard InChI is InChI=1S/C29H31FN4O3/c1-4-34(5-2)12-13-37-27-16-24-25(17-26(27)36-3)32-18-33-29(24)20-8-6-19(7-9-20)23-15-22(30)11-10-21(23)14-28(31)35/h6-11,15-18H,4-5,12-14H2,1-3H3,(H2,31,35). The molecule has 8 heteroatoms. The van der Waals surface area contributed by atoms with Crippen LogP contribution in [-0.4, -0.2) is 54.1 Å². The molecule has 0 aliphatic rings. The molecule has 37 heavy (non-hydrogen) atoms.